The number of rotatable bonds is 8. The van der Waals surface area contributed by atoms with Crippen LogP contribution in [-0.2, 0) is 14.7 Å². The highest BCUT2D eigenvalue weighted by Crippen LogP contribution is 2.29. The van der Waals surface area contributed by atoms with E-state index in [2.05, 4.69) is 38.2 Å². The first-order valence-corrected chi connectivity index (χ1v) is 14.0. The fourth-order valence-electron chi connectivity index (χ4n) is 4.59. The van der Waals surface area contributed by atoms with Crippen LogP contribution in [0, 0.1) is 12.7 Å². The van der Waals surface area contributed by atoms with Crippen molar-refractivity contribution in [3.05, 3.63) is 89.4 Å². The van der Waals surface area contributed by atoms with Gasteiger partial charge in [0, 0.05) is 36.6 Å². The maximum Gasteiger partial charge on any atom is 0.411 e. The lowest BCUT2D eigenvalue weighted by Crippen LogP contribution is -2.52. The third kappa shape index (κ3) is 7.20. The van der Waals surface area contributed by atoms with Crippen LogP contribution >= 0.6 is 0 Å². The molecule has 4 rings (SSSR count). The van der Waals surface area contributed by atoms with Crippen molar-refractivity contribution in [2.75, 3.05) is 31.5 Å². The van der Waals surface area contributed by atoms with Gasteiger partial charge >= 0.3 is 5.91 Å². The monoisotopic (exact) mass is 573 g/mol. The molecule has 0 fully saturated rings. The van der Waals surface area contributed by atoms with E-state index < -0.39 is 4.46 Å². The van der Waals surface area contributed by atoms with E-state index in [0.29, 0.717) is 48.6 Å². The number of aryl methyl sites for hydroxylation is 1. The van der Waals surface area contributed by atoms with E-state index >= 15 is 0 Å². The van der Waals surface area contributed by atoms with Crippen LogP contribution in [0.25, 0.3) is 0 Å². The molecule has 0 saturated heterocycles. The van der Waals surface area contributed by atoms with Gasteiger partial charge in [-0.2, -0.15) is 4.58 Å². The molecule has 2 amide bonds. The molecule has 0 unspecified atom stereocenters. The van der Waals surface area contributed by atoms with Crippen molar-refractivity contribution in [1.29, 1.82) is 0 Å². The Balaban J connectivity index is 1.53. The third-order valence-electron chi connectivity index (χ3n) is 7.04. The van der Waals surface area contributed by atoms with Crippen molar-refractivity contribution < 1.29 is 27.8 Å². The second-order valence-corrected chi connectivity index (χ2v) is 12.3. The zero-order chi connectivity index (χ0) is 29.9. The number of hydrogen-bond donors (Lipinski definition) is 1. The minimum Gasteiger partial charge on any atom is -0.500 e. The number of carbonyl (C=O) groups excluding carboxylic acids is 2. The maximum atomic E-state index is 14.7. The van der Waals surface area contributed by atoms with Gasteiger partial charge in [-0.3, -0.25) is 15.0 Å². The van der Waals surface area contributed by atoms with Crippen LogP contribution in [0.2, 0.25) is 0 Å². The number of halogens is 1. The number of amides is 2. The molecule has 3 aromatic rings. The molecule has 1 aromatic heterocycles. The molecule has 0 bridgehead atoms. The summed E-state index contributed by atoms with van der Waals surface area (Å²) in [7, 11) is 0. The van der Waals surface area contributed by atoms with E-state index in [0.717, 1.165) is 11.4 Å². The molecule has 0 aliphatic carbocycles. The average Bonchev–Trinajstić information content (AvgIpc) is 3.39. The molecule has 2 heterocycles. The van der Waals surface area contributed by atoms with Crippen LogP contribution in [0.1, 0.15) is 54.9 Å². The number of benzene rings is 2. The molecule has 0 saturated carbocycles. The molecular formula is C31H35AlFN4O4+. The average molecular weight is 574 g/mol. The summed E-state index contributed by atoms with van der Waals surface area (Å²) in [6.45, 7) is 15.3. The lowest BCUT2D eigenvalue weighted by Gasteiger charge is -2.38. The third-order valence-corrected chi connectivity index (χ3v) is 7.68. The van der Waals surface area contributed by atoms with Crippen LogP contribution in [0.15, 0.2) is 65.7 Å². The van der Waals surface area contributed by atoms with E-state index in [-0.39, 0.29) is 28.9 Å². The normalized spacial score (nSPS) is 15.8. The van der Waals surface area contributed by atoms with Gasteiger partial charge in [0.15, 0.2) is 12.3 Å². The first-order valence-electron chi connectivity index (χ1n) is 13.4. The van der Waals surface area contributed by atoms with Gasteiger partial charge in [0.05, 0.1) is 23.2 Å². The summed E-state index contributed by atoms with van der Waals surface area (Å²) in [5.41, 5.74) is 3.04. The predicted octanol–water partition coefficient (Wildman–Crippen LogP) is 4.57. The van der Waals surface area contributed by atoms with Crippen molar-refractivity contribution >= 4 is 39.7 Å². The van der Waals surface area contributed by atoms with Crippen molar-refractivity contribution in [3.8, 4) is 5.75 Å². The molecule has 10 heteroatoms. The fraction of sp³-hybridized carbons (Fsp3) is 0.355. The zero-order valence-corrected chi connectivity index (χ0v) is 25.3. The predicted molar refractivity (Wildman–Crippen MR) is 156 cm³/mol. The lowest BCUT2D eigenvalue weighted by molar-refractivity contribution is -0.452. The fourth-order valence-corrected chi connectivity index (χ4v) is 5.16. The molecule has 41 heavy (non-hydrogen) atoms. The molecule has 2 aromatic carbocycles. The Bertz CT molecular complexity index is 1490. The lowest BCUT2D eigenvalue weighted by atomic mass is 9.92. The van der Waals surface area contributed by atoms with Gasteiger partial charge < -0.3 is 9.26 Å². The van der Waals surface area contributed by atoms with Crippen molar-refractivity contribution in [3.63, 3.8) is 0 Å². The van der Waals surface area contributed by atoms with Crippen LogP contribution < -0.4 is 10.1 Å². The van der Waals surface area contributed by atoms with Gasteiger partial charge in [-0.1, -0.05) is 44.6 Å². The minimum absolute atomic E-state index is 0.127. The first-order chi connectivity index (χ1) is 19.3. The quantitative estimate of drug-likeness (QED) is 0.241. The zero-order valence-electron chi connectivity index (χ0n) is 24.2. The molecule has 1 N–H and O–H groups in total. The van der Waals surface area contributed by atoms with E-state index in [1.165, 1.54) is 12.1 Å². The van der Waals surface area contributed by atoms with Gasteiger partial charge in [0.1, 0.15) is 11.6 Å². The van der Waals surface area contributed by atoms with Crippen molar-refractivity contribution in [2.45, 2.75) is 44.5 Å². The highest BCUT2D eigenvalue weighted by Gasteiger charge is 2.34. The summed E-state index contributed by atoms with van der Waals surface area (Å²) in [4.78, 5) is 27.2. The van der Waals surface area contributed by atoms with E-state index in [4.69, 9.17) is 9.26 Å². The Morgan fingerprint density at radius 1 is 1.20 bits per heavy atom. The van der Waals surface area contributed by atoms with Gasteiger partial charge in [-0.25, -0.2) is 9.18 Å². The Hall–Kier alpha value is -3.58. The second-order valence-electron chi connectivity index (χ2n) is 11.4. The summed E-state index contributed by atoms with van der Waals surface area (Å²) in [6.07, 6.45) is 1.32. The highest BCUT2D eigenvalue weighted by molar-refractivity contribution is 6.15. The standard InChI is InChI=1S/C31H34FN4O4.Al/c1-7-29(37)36-15-14-35(18-21(36)3)19-26(23-9-8-20(2)25(32)16-23)39-24-12-10-22(11-13-24)30(38)33-28-17-27(34-40-28)31(4,5)6;/h7-13,16-17H,1,14-15,18-19H2,2-6H3;/p+1. The molecule has 1 atom stereocenters. The number of nitrogens with zero attached hydrogens (tertiary/aromatic N) is 3. The molecule has 8 nitrogen and oxygen atoms in total. The summed E-state index contributed by atoms with van der Waals surface area (Å²) >= 11 is 2.75. The number of ether oxygens (including phenoxy) is 1. The summed E-state index contributed by atoms with van der Waals surface area (Å²) in [5, 5.41) is 6.76. The Morgan fingerprint density at radius 2 is 1.90 bits per heavy atom. The molecular weight excluding hydrogens is 538 g/mol. The highest BCUT2D eigenvalue weighted by atomic mass is 27.0. The number of anilines is 1. The summed E-state index contributed by atoms with van der Waals surface area (Å²) in [5.74, 6) is -0.0146. The first kappa shape index (κ1) is 30.4. The number of nitrogens with one attached hydrogen (secondary N) is 1. The van der Waals surface area contributed by atoms with E-state index in [9.17, 15) is 14.0 Å². The maximum absolute atomic E-state index is 14.7. The molecule has 1 aliphatic rings. The SMILES string of the molecule is C=CC(=O)[N+]1=C(C)CN(C[C@@]([Al])(Oc2ccc(C(=O)Nc3cc(C(C)(C)C)no3)cc2)c2ccc(C)c(F)c2)CC1. The molecule has 1 aliphatic heterocycles. The van der Waals surface area contributed by atoms with Crippen LogP contribution in [0.3, 0.4) is 0 Å². The van der Waals surface area contributed by atoms with E-state index in [1.54, 1.807) is 47.9 Å². The minimum atomic E-state index is -1.01. The topological polar surface area (TPSA) is 87.7 Å². The molecule has 2 radical (unpaired) electrons. The Labute approximate surface area is 248 Å². The van der Waals surface area contributed by atoms with E-state index in [1.807, 2.05) is 33.8 Å². The molecule has 212 valence electrons. The smallest absolute Gasteiger partial charge is 0.411 e. The summed E-state index contributed by atoms with van der Waals surface area (Å²) < 4.78 is 27.1. The van der Waals surface area contributed by atoms with Crippen LogP contribution in [0.4, 0.5) is 10.3 Å². The largest absolute Gasteiger partial charge is 0.500 e. The van der Waals surface area contributed by atoms with Crippen molar-refractivity contribution in [2.24, 2.45) is 0 Å². The van der Waals surface area contributed by atoms with Gasteiger partial charge in [0.25, 0.3) is 5.91 Å². The molecule has 0 spiro atoms. The van der Waals surface area contributed by atoms with Crippen LogP contribution in [-0.4, -0.2) is 74.6 Å². The number of aromatic nitrogens is 1. The van der Waals surface area contributed by atoms with Crippen LogP contribution in [0.5, 0.6) is 5.75 Å². The Kier molecular flexibility index (Phi) is 8.98. The second kappa shape index (κ2) is 12.1. The van der Waals surface area contributed by atoms with Gasteiger partial charge in [-0.05, 0) is 48.4 Å². The number of hydrogen-bond acceptors (Lipinski definition) is 6. The van der Waals surface area contributed by atoms with Gasteiger partial charge in [0.2, 0.25) is 22.2 Å². The Morgan fingerprint density at radius 3 is 2.49 bits per heavy atom. The number of carbonyl (C=O) groups is 2. The summed E-state index contributed by atoms with van der Waals surface area (Å²) in [6, 6.07) is 13.5. The van der Waals surface area contributed by atoms with Gasteiger partial charge in [-0.15, -0.1) is 0 Å². The van der Waals surface area contributed by atoms with Crippen molar-refractivity contribution in [1.82, 2.24) is 10.1 Å².